The van der Waals surface area contributed by atoms with Gasteiger partial charge in [0, 0.05) is 0 Å². The molecule has 0 aromatic heterocycles. The molecule has 2 nitrogen and oxygen atoms in total. The lowest BCUT2D eigenvalue weighted by Crippen LogP contribution is -2.16. The van der Waals surface area contributed by atoms with Gasteiger partial charge in [-0.15, -0.1) is 0 Å². The Labute approximate surface area is 54.1 Å². The Morgan fingerprint density at radius 3 is 2.12 bits per heavy atom. The van der Waals surface area contributed by atoms with Crippen LogP contribution in [0.4, 0.5) is 0 Å². The van der Waals surface area contributed by atoms with Gasteiger partial charge in [-0.3, -0.25) is 10.5 Å². The molecule has 1 unspecified atom stereocenters. The van der Waals surface area contributed by atoms with Crippen LogP contribution >= 0.6 is 12.2 Å². The predicted octanol–water partition coefficient (Wildman–Crippen LogP) is 0.822. The Morgan fingerprint density at radius 2 is 2.12 bits per heavy atom. The second kappa shape index (κ2) is 2.77. The van der Waals surface area contributed by atoms with E-state index in [4.69, 9.17) is 5.73 Å². The molecule has 0 saturated heterocycles. The van der Waals surface area contributed by atoms with Crippen LogP contribution in [0.5, 0.6) is 0 Å². The van der Waals surface area contributed by atoms with Crippen LogP contribution in [0.3, 0.4) is 0 Å². The van der Waals surface area contributed by atoms with Gasteiger partial charge >= 0.3 is 0 Å². The summed E-state index contributed by atoms with van der Waals surface area (Å²) in [4.78, 5) is 10.4. The largest absolute Gasteiger partial charge is 0.299 e. The van der Waals surface area contributed by atoms with Crippen molar-refractivity contribution >= 4 is 23.0 Å². The van der Waals surface area contributed by atoms with E-state index in [1.165, 1.54) is 6.92 Å². The van der Waals surface area contributed by atoms with E-state index in [9.17, 15) is 4.79 Å². The summed E-state index contributed by atoms with van der Waals surface area (Å²) in [5, 5.41) is 0. The minimum absolute atomic E-state index is 0.0255. The van der Waals surface area contributed by atoms with Gasteiger partial charge in [-0.05, 0) is 13.8 Å². The third kappa shape index (κ3) is 2.02. The van der Waals surface area contributed by atoms with E-state index < -0.39 is 0 Å². The molecule has 0 amide bonds. The molecule has 0 bridgehead atoms. The summed E-state index contributed by atoms with van der Waals surface area (Å²) >= 11 is 4.44. The molecule has 0 aliphatic heterocycles. The molecule has 0 aromatic carbocycles. The summed E-state index contributed by atoms with van der Waals surface area (Å²) < 4.78 is 0. The fourth-order valence-corrected chi connectivity index (χ4v) is 0.351. The fraction of sp³-hybridized carbons (Fsp3) is 0.600. The highest BCUT2D eigenvalue weighted by Crippen LogP contribution is 1.95. The predicted molar refractivity (Wildman–Crippen MR) is 35.5 cm³/mol. The topological polar surface area (TPSA) is 40.9 Å². The third-order valence-corrected chi connectivity index (χ3v) is 1.36. The maximum absolute atomic E-state index is 10.4. The molecule has 0 aliphatic carbocycles. The van der Waals surface area contributed by atoms with Gasteiger partial charge in [-0.1, -0.05) is 12.2 Å². The Hall–Kier alpha value is -0.440. The van der Waals surface area contributed by atoms with Crippen LogP contribution in [-0.2, 0) is 4.79 Å². The summed E-state index contributed by atoms with van der Waals surface area (Å²) in [6.07, 6.45) is 0. The lowest BCUT2D eigenvalue weighted by molar-refractivity contribution is -0.118. The van der Waals surface area contributed by atoms with Crippen molar-refractivity contribution in [3.8, 4) is 0 Å². The fourth-order valence-electron chi connectivity index (χ4n) is 0.185. The van der Waals surface area contributed by atoms with E-state index in [2.05, 4.69) is 12.2 Å². The maximum atomic E-state index is 10.4. The lowest BCUT2D eigenvalue weighted by Gasteiger charge is -1.99. The van der Waals surface area contributed by atoms with Gasteiger partial charge in [0.1, 0.15) is 10.8 Å². The molecule has 0 aliphatic rings. The van der Waals surface area contributed by atoms with Crippen molar-refractivity contribution < 1.29 is 4.79 Å². The maximum Gasteiger partial charge on any atom is 0.139 e. The SMILES string of the molecule is CC(=O)C(C)C([NH])=S. The molecule has 0 spiro atoms. The monoisotopic (exact) mass is 130 g/mol. The molecule has 45 valence electrons. The van der Waals surface area contributed by atoms with Crippen molar-refractivity contribution in [2.45, 2.75) is 13.8 Å². The number of carbonyl (C=O) groups is 1. The van der Waals surface area contributed by atoms with Gasteiger partial charge in [-0.25, -0.2) is 0 Å². The summed E-state index contributed by atoms with van der Waals surface area (Å²) in [6.45, 7) is 3.07. The van der Waals surface area contributed by atoms with Crippen molar-refractivity contribution in [3.63, 3.8) is 0 Å². The minimum atomic E-state index is -0.370. The Balaban J connectivity index is 3.83. The zero-order chi connectivity index (χ0) is 6.73. The Kier molecular flexibility index (Phi) is 2.62. The standard InChI is InChI=1S/C5H8NOS/c1-3(4(2)7)5(6)8/h3,6H,1-2H3. The molecule has 0 fully saturated rings. The van der Waals surface area contributed by atoms with E-state index in [1.54, 1.807) is 6.92 Å². The summed E-state index contributed by atoms with van der Waals surface area (Å²) in [5.41, 5.74) is 6.82. The molecule has 0 heterocycles. The van der Waals surface area contributed by atoms with E-state index >= 15 is 0 Å². The van der Waals surface area contributed by atoms with Crippen LogP contribution < -0.4 is 5.73 Å². The molecule has 1 atom stereocenters. The second-order valence-electron chi connectivity index (χ2n) is 1.70. The van der Waals surface area contributed by atoms with E-state index in [1.807, 2.05) is 0 Å². The first-order chi connectivity index (χ1) is 3.55. The molecule has 1 radical (unpaired) electrons. The van der Waals surface area contributed by atoms with Gasteiger partial charge in [0.2, 0.25) is 0 Å². The van der Waals surface area contributed by atoms with Gasteiger partial charge in [0.15, 0.2) is 0 Å². The molecular formula is C5H8NOS. The van der Waals surface area contributed by atoms with E-state index in [-0.39, 0.29) is 16.7 Å². The van der Waals surface area contributed by atoms with Crippen LogP contribution in [0.1, 0.15) is 13.8 Å². The number of nitrogens with one attached hydrogen (secondary N) is 1. The van der Waals surface area contributed by atoms with Gasteiger partial charge < -0.3 is 0 Å². The molecule has 0 rings (SSSR count). The highest BCUT2D eigenvalue weighted by atomic mass is 32.1. The van der Waals surface area contributed by atoms with Crippen LogP contribution in [0.2, 0.25) is 0 Å². The summed E-state index contributed by atoms with van der Waals surface area (Å²) in [6, 6.07) is 0. The zero-order valence-electron chi connectivity index (χ0n) is 4.89. The molecule has 8 heavy (non-hydrogen) atoms. The quantitative estimate of drug-likeness (QED) is 0.519. The third-order valence-electron chi connectivity index (χ3n) is 1.00. The number of hydrogen-bond acceptors (Lipinski definition) is 2. The van der Waals surface area contributed by atoms with E-state index in [0.29, 0.717) is 0 Å². The van der Waals surface area contributed by atoms with Crippen LogP contribution in [0, 0.1) is 5.92 Å². The van der Waals surface area contributed by atoms with E-state index in [0.717, 1.165) is 0 Å². The highest BCUT2D eigenvalue weighted by Gasteiger charge is 2.09. The Bertz CT molecular complexity index is 108. The van der Waals surface area contributed by atoms with Crippen molar-refractivity contribution in [2.75, 3.05) is 0 Å². The van der Waals surface area contributed by atoms with Crippen LogP contribution in [0.25, 0.3) is 0 Å². The van der Waals surface area contributed by atoms with Crippen LogP contribution in [-0.4, -0.2) is 10.8 Å². The summed E-state index contributed by atoms with van der Waals surface area (Å²) in [7, 11) is 0. The number of Topliss-reactive ketones (excluding diaryl/α,β-unsaturated/α-hetero) is 1. The zero-order valence-corrected chi connectivity index (χ0v) is 5.71. The lowest BCUT2D eigenvalue weighted by atomic mass is 10.1. The second-order valence-corrected chi connectivity index (χ2v) is 2.14. The first-order valence-corrected chi connectivity index (χ1v) is 2.72. The average Bonchev–Trinajstić information content (AvgIpc) is 1.64. The Morgan fingerprint density at radius 1 is 1.75 bits per heavy atom. The summed E-state index contributed by atoms with van der Waals surface area (Å²) in [5.74, 6) is -0.407. The first kappa shape index (κ1) is 7.56. The number of carbonyl (C=O) groups excluding carboxylic acids is 1. The highest BCUT2D eigenvalue weighted by molar-refractivity contribution is 7.80. The minimum Gasteiger partial charge on any atom is -0.299 e. The smallest absolute Gasteiger partial charge is 0.139 e. The number of thiocarbonyl (C=S) groups is 1. The van der Waals surface area contributed by atoms with Crippen molar-refractivity contribution in [1.29, 1.82) is 0 Å². The molecule has 3 heteroatoms. The van der Waals surface area contributed by atoms with Gasteiger partial charge in [0.05, 0.1) is 5.92 Å². The molecule has 0 saturated carbocycles. The van der Waals surface area contributed by atoms with Crippen molar-refractivity contribution in [1.82, 2.24) is 5.73 Å². The molecule has 1 N–H and O–H groups in total. The van der Waals surface area contributed by atoms with Crippen LogP contribution in [0.15, 0.2) is 0 Å². The normalized spacial score (nSPS) is 12.8. The van der Waals surface area contributed by atoms with Gasteiger partial charge in [-0.2, -0.15) is 0 Å². The van der Waals surface area contributed by atoms with Gasteiger partial charge in [0.25, 0.3) is 0 Å². The molecular weight excluding hydrogens is 122 g/mol. The van der Waals surface area contributed by atoms with Crippen molar-refractivity contribution in [3.05, 3.63) is 0 Å². The molecule has 0 aromatic rings. The number of rotatable bonds is 2. The first-order valence-electron chi connectivity index (χ1n) is 2.31. The average molecular weight is 130 g/mol. The van der Waals surface area contributed by atoms with Crippen molar-refractivity contribution in [2.24, 2.45) is 5.92 Å². The number of hydrogen-bond donors (Lipinski definition) is 0. The number of ketones is 1.